The second-order valence-corrected chi connectivity index (χ2v) is 5.42. The SMILES string of the molecule is CC(C)(C)n1c2ccccc2c2ccncc21. The second kappa shape index (κ2) is 3.33. The van der Waals surface area contributed by atoms with Gasteiger partial charge in [0, 0.05) is 28.0 Å². The highest BCUT2D eigenvalue weighted by molar-refractivity contribution is 6.07. The van der Waals surface area contributed by atoms with E-state index in [1.807, 2.05) is 12.4 Å². The fourth-order valence-electron chi connectivity index (χ4n) is 2.54. The maximum atomic E-state index is 4.26. The van der Waals surface area contributed by atoms with Crippen molar-refractivity contribution in [2.24, 2.45) is 0 Å². The number of fused-ring (bicyclic) bond motifs is 3. The fourth-order valence-corrected chi connectivity index (χ4v) is 2.54. The van der Waals surface area contributed by atoms with Gasteiger partial charge in [-0.05, 0) is 32.9 Å². The first kappa shape index (κ1) is 10.3. The van der Waals surface area contributed by atoms with Crippen LogP contribution in [0.25, 0.3) is 21.8 Å². The van der Waals surface area contributed by atoms with E-state index in [0.29, 0.717) is 0 Å². The smallest absolute Gasteiger partial charge is 0.0682 e. The summed E-state index contributed by atoms with van der Waals surface area (Å²) in [7, 11) is 0. The zero-order chi connectivity index (χ0) is 12.0. The fraction of sp³-hybridized carbons (Fsp3) is 0.267. The largest absolute Gasteiger partial charge is 0.334 e. The molecule has 3 aromatic rings. The number of nitrogens with zero attached hydrogens (tertiary/aromatic N) is 2. The highest BCUT2D eigenvalue weighted by Gasteiger charge is 2.19. The van der Waals surface area contributed by atoms with E-state index in [1.165, 1.54) is 21.8 Å². The standard InChI is InChI=1S/C15H16N2/c1-15(2,3)17-13-7-5-4-6-11(13)12-8-9-16-10-14(12)17/h4-10H,1-3H3. The molecule has 0 saturated heterocycles. The molecule has 0 unspecified atom stereocenters. The molecular formula is C15H16N2. The molecule has 0 N–H and O–H groups in total. The zero-order valence-corrected chi connectivity index (χ0v) is 10.4. The van der Waals surface area contributed by atoms with Gasteiger partial charge in [0.25, 0.3) is 0 Å². The van der Waals surface area contributed by atoms with Crippen LogP contribution >= 0.6 is 0 Å². The van der Waals surface area contributed by atoms with E-state index in [-0.39, 0.29) is 5.54 Å². The summed E-state index contributed by atoms with van der Waals surface area (Å²) in [5, 5.41) is 2.59. The molecule has 0 bridgehead atoms. The van der Waals surface area contributed by atoms with Crippen LogP contribution in [0.1, 0.15) is 20.8 Å². The van der Waals surface area contributed by atoms with Gasteiger partial charge in [0.1, 0.15) is 0 Å². The molecule has 0 amide bonds. The van der Waals surface area contributed by atoms with E-state index < -0.39 is 0 Å². The molecule has 2 nitrogen and oxygen atoms in total. The van der Waals surface area contributed by atoms with Gasteiger partial charge in [-0.2, -0.15) is 0 Å². The molecule has 0 aliphatic heterocycles. The Morgan fingerprint density at radius 3 is 2.41 bits per heavy atom. The molecule has 0 radical (unpaired) electrons. The number of aromatic nitrogens is 2. The molecule has 2 heteroatoms. The highest BCUT2D eigenvalue weighted by atomic mass is 15.1. The highest BCUT2D eigenvalue weighted by Crippen LogP contribution is 2.32. The van der Waals surface area contributed by atoms with Crippen molar-refractivity contribution in [1.29, 1.82) is 0 Å². The summed E-state index contributed by atoms with van der Waals surface area (Å²) in [5.74, 6) is 0. The number of para-hydroxylation sites is 1. The van der Waals surface area contributed by atoms with Gasteiger partial charge in [-0.1, -0.05) is 18.2 Å². The molecule has 3 rings (SSSR count). The molecule has 0 fully saturated rings. The van der Waals surface area contributed by atoms with Gasteiger partial charge in [0.2, 0.25) is 0 Å². The topological polar surface area (TPSA) is 17.8 Å². The minimum atomic E-state index is 0.0599. The zero-order valence-electron chi connectivity index (χ0n) is 10.4. The van der Waals surface area contributed by atoms with Gasteiger partial charge in [0.15, 0.2) is 0 Å². The predicted octanol–water partition coefficient (Wildman–Crippen LogP) is 3.94. The summed E-state index contributed by atoms with van der Waals surface area (Å²) in [6.45, 7) is 6.68. The number of hydrogen-bond donors (Lipinski definition) is 0. The van der Waals surface area contributed by atoms with Crippen LogP contribution < -0.4 is 0 Å². The lowest BCUT2D eigenvalue weighted by molar-refractivity contribution is 0.423. The second-order valence-electron chi connectivity index (χ2n) is 5.42. The first-order chi connectivity index (χ1) is 8.09. The Kier molecular flexibility index (Phi) is 2.02. The van der Waals surface area contributed by atoms with Crippen LogP contribution in [0, 0.1) is 0 Å². The minimum Gasteiger partial charge on any atom is -0.334 e. The van der Waals surface area contributed by atoms with E-state index in [4.69, 9.17) is 0 Å². The molecule has 2 heterocycles. The molecule has 86 valence electrons. The van der Waals surface area contributed by atoms with Crippen LogP contribution in [-0.4, -0.2) is 9.55 Å². The Hall–Kier alpha value is -1.83. The van der Waals surface area contributed by atoms with Crippen molar-refractivity contribution in [1.82, 2.24) is 9.55 Å². The summed E-state index contributed by atoms with van der Waals surface area (Å²) >= 11 is 0. The third-order valence-electron chi connectivity index (χ3n) is 3.15. The summed E-state index contributed by atoms with van der Waals surface area (Å²) in [5.41, 5.74) is 2.55. The quantitative estimate of drug-likeness (QED) is 0.565. The average Bonchev–Trinajstić information content (AvgIpc) is 2.63. The Labute approximate surface area is 101 Å². The van der Waals surface area contributed by atoms with Crippen molar-refractivity contribution in [2.75, 3.05) is 0 Å². The number of rotatable bonds is 0. The average molecular weight is 224 g/mol. The lowest BCUT2D eigenvalue weighted by Crippen LogP contribution is -2.21. The molecule has 1 aromatic carbocycles. The van der Waals surface area contributed by atoms with Crippen molar-refractivity contribution in [3.05, 3.63) is 42.7 Å². The maximum Gasteiger partial charge on any atom is 0.0682 e. The van der Waals surface area contributed by atoms with Crippen molar-refractivity contribution < 1.29 is 0 Å². The molecule has 0 aliphatic carbocycles. The van der Waals surface area contributed by atoms with Crippen LogP contribution in [0.4, 0.5) is 0 Å². The minimum absolute atomic E-state index is 0.0599. The molecule has 0 atom stereocenters. The van der Waals surface area contributed by atoms with E-state index in [2.05, 4.69) is 60.7 Å². The van der Waals surface area contributed by atoms with Crippen molar-refractivity contribution >= 4 is 21.8 Å². The normalized spacial score (nSPS) is 12.4. The Morgan fingerprint density at radius 2 is 1.65 bits per heavy atom. The van der Waals surface area contributed by atoms with E-state index in [0.717, 1.165) is 0 Å². The van der Waals surface area contributed by atoms with E-state index >= 15 is 0 Å². The Bertz CT molecular complexity index is 634. The molecule has 17 heavy (non-hydrogen) atoms. The van der Waals surface area contributed by atoms with Crippen molar-refractivity contribution in [3.63, 3.8) is 0 Å². The van der Waals surface area contributed by atoms with Crippen molar-refractivity contribution in [3.8, 4) is 0 Å². The van der Waals surface area contributed by atoms with Crippen LogP contribution in [0.5, 0.6) is 0 Å². The Balaban J connectivity index is 2.60. The van der Waals surface area contributed by atoms with Gasteiger partial charge in [0.05, 0.1) is 11.7 Å². The predicted molar refractivity (Wildman–Crippen MR) is 72.2 cm³/mol. The third-order valence-corrected chi connectivity index (χ3v) is 3.15. The number of benzene rings is 1. The summed E-state index contributed by atoms with van der Waals surface area (Å²) in [6.07, 6.45) is 3.82. The summed E-state index contributed by atoms with van der Waals surface area (Å²) in [4.78, 5) is 4.26. The number of hydrogen-bond acceptors (Lipinski definition) is 1. The Morgan fingerprint density at radius 1 is 0.941 bits per heavy atom. The molecule has 0 spiro atoms. The van der Waals surface area contributed by atoms with Crippen LogP contribution in [0.3, 0.4) is 0 Å². The van der Waals surface area contributed by atoms with Crippen LogP contribution in [0.2, 0.25) is 0 Å². The first-order valence-corrected chi connectivity index (χ1v) is 5.93. The first-order valence-electron chi connectivity index (χ1n) is 5.93. The monoisotopic (exact) mass is 224 g/mol. The lowest BCUT2D eigenvalue weighted by atomic mass is 10.1. The summed E-state index contributed by atoms with van der Waals surface area (Å²) < 4.78 is 2.37. The third kappa shape index (κ3) is 1.44. The van der Waals surface area contributed by atoms with Crippen molar-refractivity contribution in [2.45, 2.75) is 26.3 Å². The molecule has 2 aromatic heterocycles. The van der Waals surface area contributed by atoms with Gasteiger partial charge >= 0.3 is 0 Å². The van der Waals surface area contributed by atoms with Gasteiger partial charge < -0.3 is 4.57 Å². The van der Waals surface area contributed by atoms with Crippen LogP contribution in [-0.2, 0) is 5.54 Å². The molecule has 0 aliphatic rings. The van der Waals surface area contributed by atoms with E-state index in [1.54, 1.807) is 0 Å². The van der Waals surface area contributed by atoms with Gasteiger partial charge in [-0.15, -0.1) is 0 Å². The summed E-state index contributed by atoms with van der Waals surface area (Å²) in [6, 6.07) is 10.6. The molecular weight excluding hydrogens is 208 g/mol. The lowest BCUT2D eigenvalue weighted by Gasteiger charge is -2.23. The molecule has 0 saturated carbocycles. The number of pyridine rings is 1. The maximum absolute atomic E-state index is 4.26. The van der Waals surface area contributed by atoms with E-state index in [9.17, 15) is 0 Å². The van der Waals surface area contributed by atoms with Gasteiger partial charge in [-0.3, -0.25) is 4.98 Å². The van der Waals surface area contributed by atoms with Gasteiger partial charge in [-0.25, -0.2) is 0 Å². The van der Waals surface area contributed by atoms with Crippen LogP contribution in [0.15, 0.2) is 42.7 Å².